The molecule has 1 unspecified atom stereocenters. The fourth-order valence-corrected chi connectivity index (χ4v) is 3.09. The van der Waals surface area contributed by atoms with Crippen LogP contribution in [0.2, 0.25) is 0 Å². The van der Waals surface area contributed by atoms with Gasteiger partial charge in [-0.3, -0.25) is 0 Å². The van der Waals surface area contributed by atoms with Crippen molar-refractivity contribution in [3.63, 3.8) is 0 Å². The van der Waals surface area contributed by atoms with Crippen LogP contribution in [0.25, 0.3) is 0 Å². The zero-order valence-electron chi connectivity index (χ0n) is 8.37. The fraction of sp³-hybridized carbons (Fsp3) is 0.429. The summed E-state index contributed by atoms with van der Waals surface area (Å²) in [7, 11) is 0. The average Bonchev–Trinajstić information content (AvgIpc) is 2.72. The molecule has 0 bridgehead atoms. The van der Waals surface area contributed by atoms with Gasteiger partial charge < -0.3 is 0 Å². The lowest BCUT2D eigenvalue weighted by atomic mass is 9.75. The Morgan fingerprint density at radius 2 is 2.07 bits per heavy atom. The van der Waals surface area contributed by atoms with Crippen molar-refractivity contribution < 1.29 is 0 Å². The molecule has 0 heterocycles. The standard InChI is InChI=1S/C14H15/c1-2-6-12-8-11-14(9-4-5-10-14)13(12)7-3-1/h1-3,7-8,11,13H,4-5,9-10H2/q+1. The lowest BCUT2D eigenvalue weighted by Gasteiger charge is -2.25. The van der Waals surface area contributed by atoms with Crippen LogP contribution in [0.5, 0.6) is 0 Å². The van der Waals surface area contributed by atoms with Gasteiger partial charge in [0.25, 0.3) is 0 Å². The Morgan fingerprint density at radius 1 is 1.21 bits per heavy atom. The first-order valence-corrected chi connectivity index (χ1v) is 5.57. The zero-order chi connectivity index (χ0) is 9.43. The highest BCUT2D eigenvalue weighted by atomic mass is 14.5. The lowest BCUT2D eigenvalue weighted by Crippen LogP contribution is -2.20. The van der Waals surface area contributed by atoms with Gasteiger partial charge in [-0.05, 0) is 25.0 Å². The summed E-state index contributed by atoms with van der Waals surface area (Å²) < 4.78 is 0. The van der Waals surface area contributed by atoms with Crippen LogP contribution in [-0.2, 0) is 0 Å². The largest absolute Gasteiger partial charge is 0.122 e. The van der Waals surface area contributed by atoms with Gasteiger partial charge in [0.2, 0.25) is 0 Å². The van der Waals surface area contributed by atoms with E-state index in [0.29, 0.717) is 11.3 Å². The van der Waals surface area contributed by atoms with Gasteiger partial charge in [-0.15, -0.1) is 0 Å². The topological polar surface area (TPSA) is 0 Å². The van der Waals surface area contributed by atoms with Crippen LogP contribution in [0, 0.1) is 17.4 Å². The van der Waals surface area contributed by atoms with Gasteiger partial charge in [0, 0.05) is 29.6 Å². The van der Waals surface area contributed by atoms with E-state index in [1.807, 2.05) is 6.08 Å². The van der Waals surface area contributed by atoms with Crippen molar-refractivity contribution in [1.82, 2.24) is 0 Å². The van der Waals surface area contributed by atoms with Crippen LogP contribution >= 0.6 is 0 Å². The highest BCUT2D eigenvalue weighted by Crippen LogP contribution is 2.53. The number of hydrogen-bond donors (Lipinski definition) is 0. The van der Waals surface area contributed by atoms with Crippen LogP contribution in [0.4, 0.5) is 0 Å². The summed E-state index contributed by atoms with van der Waals surface area (Å²) in [6.07, 6.45) is 22.3. The van der Waals surface area contributed by atoms with Crippen molar-refractivity contribution in [2.24, 2.45) is 11.3 Å². The third-order valence-electron chi connectivity index (χ3n) is 3.84. The number of allylic oxidation sites excluding steroid dienone is 8. The summed E-state index contributed by atoms with van der Waals surface area (Å²) in [6.45, 7) is 0. The fourth-order valence-electron chi connectivity index (χ4n) is 3.09. The van der Waals surface area contributed by atoms with Crippen molar-refractivity contribution in [2.75, 3.05) is 0 Å². The van der Waals surface area contributed by atoms with Gasteiger partial charge in [-0.25, -0.2) is 0 Å². The Labute approximate surface area is 85.7 Å². The second-order valence-electron chi connectivity index (χ2n) is 4.59. The van der Waals surface area contributed by atoms with E-state index < -0.39 is 0 Å². The number of hydrogen-bond acceptors (Lipinski definition) is 0. The minimum Gasteiger partial charge on any atom is -0.0597 e. The van der Waals surface area contributed by atoms with E-state index in [9.17, 15) is 0 Å². The molecule has 3 rings (SSSR count). The van der Waals surface area contributed by atoms with E-state index in [0.717, 1.165) is 0 Å². The summed E-state index contributed by atoms with van der Waals surface area (Å²) in [5.74, 6) is 0.611. The molecule has 3 aliphatic carbocycles. The average molecular weight is 183 g/mol. The Morgan fingerprint density at radius 3 is 2.93 bits per heavy atom. The maximum Gasteiger partial charge on any atom is 0.122 e. The van der Waals surface area contributed by atoms with E-state index in [1.165, 1.54) is 31.3 Å². The van der Waals surface area contributed by atoms with Crippen LogP contribution in [0.1, 0.15) is 25.7 Å². The lowest BCUT2D eigenvalue weighted by molar-refractivity contribution is 0.338. The zero-order valence-corrected chi connectivity index (χ0v) is 8.37. The molecule has 0 aliphatic heterocycles. The molecule has 0 saturated heterocycles. The normalized spacial score (nSPS) is 31.4. The highest BCUT2D eigenvalue weighted by Gasteiger charge is 2.45. The van der Waals surface area contributed by atoms with Crippen LogP contribution in [0.15, 0.2) is 42.0 Å². The quantitative estimate of drug-likeness (QED) is 0.503. The van der Waals surface area contributed by atoms with Crippen LogP contribution in [0.3, 0.4) is 0 Å². The van der Waals surface area contributed by atoms with Crippen molar-refractivity contribution in [3.8, 4) is 0 Å². The van der Waals surface area contributed by atoms with Crippen LogP contribution < -0.4 is 0 Å². The first kappa shape index (κ1) is 8.20. The van der Waals surface area contributed by atoms with Crippen molar-refractivity contribution >= 4 is 0 Å². The van der Waals surface area contributed by atoms with Crippen molar-refractivity contribution in [1.29, 1.82) is 0 Å². The molecule has 70 valence electrons. The van der Waals surface area contributed by atoms with Gasteiger partial charge in [-0.1, -0.05) is 18.9 Å². The maximum absolute atomic E-state index is 3.38. The molecule has 0 radical (unpaired) electrons. The summed E-state index contributed by atoms with van der Waals surface area (Å²) in [5, 5.41) is 0. The molecule has 1 saturated carbocycles. The molecule has 0 aromatic carbocycles. The summed E-state index contributed by atoms with van der Waals surface area (Å²) in [6, 6.07) is 0. The Kier molecular flexibility index (Phi) is 1.72. The first-order chi connectivity index (χ1) is 6.91. The highest BCUT2D eigenvalue weighted by molar-refractivity contribution is 5.40. The van der Waals surface area contributed by atoms with Gasteiger partial charge in [0.15, 0.2) is 0 Å². The Balaban J connectivity index is 2.02. The minimum atomic E-state index is 0.463. The van der Waals surface area contributed by atoms with Crippen LogP contribution in [-0.4, -0.2) is 0 Å². The van der Waals surface area contributed by atoms with Gasteiger partial charge >= 0.3 is 0 Å². The molecule has 0 amide bonds. The SMILES string of the molecule is [C+]1=C2C=CC3(CCCC3)C2C=CC=C1. The number of rotatable bonds is 0. The molecular weight excluding hydrogens is 168 g/mol. The molecular formula is C14H15+. The molecule has 0 N–H and O–H groups in total. The van der Waals surface area contributed by atoms with Gasteiger partial charge in [0.1, 0.15) is 11.6 Å². The van der Waals surface area contributed by atoms with E-state index >= 15 is 0 Å². The maximum atomic E-state index is 3.38. The van der Waals surface area contributed by atoms with Crippen molar-refractivity contribution in [2.45, 2.75) is 25.7 Å². The predicted molar refractivity (Wildman–Crippen MR) is 58.6 cm³/mol. The molecule has 1 atom stereocenters. The Bertz CT molecular complexity index is 346. The molecule has 0 heteroatoms. The first-order valence-electron chi connectivity index (χ1n) is 5.57. The monoisotopic (exact) mass is 183 g/mol. The molecule has 14 heavy (non-hydrogen) atoms. The Hall–Kier alpha value is -1.13. The summed E-state index contributed by atoms with van der Waals surface area (Å²) in [4.78, 5) is 0. The van der Waals surface area contributed by atoms with Gasteiger partial charge in [0.05, 0.1) is 0 Å². The molecule has 1 spiro atoms. The third-order valence-corrected chi connectivity index (χ3v) is 3.84. The number of fused-ring (bicyclic) bond motifs is 2. The van der Waals surface area contributed by atoms with Gasteiger partial charge in [-0.2, -0.15) is 0 Å². The summed E-state index contributed by atoms with van der Waals surface area (Å²) >= 11 is 0. The summed E-state index contributed by atoms with van der Waals surface area (Å²) in [5.41, 5.74) is 1.85. The smallest absolute Gasteiger partial charge is 0.0597 e. The minimum absolute atomic E-state index is 0.463. The van der Waals surface area contributed by atoms with E-state index in [1.54, 1.807) is 0 Å². The third kappa shape index (κ3) is 1.04. The molecule has 0 aromatic rings. The molecule has 3 aliphatic rings. The molecule has 0 nitrogen and oxygen atoms in total. The van der Waals surface area contributed by atoms with E-state index in [2.05, 4.69) is 36.5 Å². The van der Waals surface area contributed by atoms with E-state index in [4.69, 9.17) is 0 Å². The molecule has 1 fully saturated rings. The second kappa shape index (κ2) is 2.93. The van der Waals surface area contributed by atoms with E-state index in [-0.39, 0.29) is 0 Å². The second-order valence-corrected chi connectivity index (χ2v) is 4.59. The predicted octanol–water partition coefficient (Wildman–Crippen LogP) is 3.59. The van der Waals surface area contributed by atoms with Crippen molar-refractivity contribution in [3.05, 3.63) is 48.1 Å². The molecule has 0 aromatic heterocycles.